The SMILES string of the molecule is Cc1cc(Cl)cc(C(=O)N(C)CC(O)CN2CCN(C)CC2)c1. The standard InChI is InChI=1S/C17H26ClN3O2/c1-13-8-14(10-15(18)9-13)17(23)20(3)11-16(22)12-21-6-4-19(2)5-7-21/h8-10,16,22H,4-7,11-12H2,1-3H3. The summed E-state index contributed by atoms with van der Waals surface area (Å²) >= 11 is 6.01. The number of carbonyl (C=O) groups is 1. The van der Waals surface area contributed by atoms with Crippen LogP contribution in [0.1, 0.15) is 15.9 Å². The number of aliphatic hydroxyl groups excluding tert-OH is 1. The molecule has 1 aromatic rings. The first-order valence-corrected chi connectivity index (χ1v) is 8.34. The molecule has 6 heteroatoms. The van der Waals surface area contributed by atoms with E-state index in [1.54, 1.807) is 18.0 Å². The molecule has 0 aromatic heterocycles. The summed E-state index contributed by atoms with van der Waals surface area (Å²) < 4.78 is 0. The minimum Gasteiger partial charge on any atom is -0.390 e. The molecule has 5 nitrogen and oxygen atoms in total. The van der Waals surface area contributed by atoms with Crippen LogP contribution in [-0.4, -0.2) is 85.2 Å². The van der Waals surface area contributed by atoms with Crippen molar-refractivity contribution >= 4 is 17.5 Å². The first-order chi connectivity index (χ1) is 10.8. The van der Waals surface area contributed by atoms with Gasteiger partial charge in [-0.1, -0.05) is 11.6 Å². The highest BCUT2D eigenvalue weighted by Gasteiger charge is 2.20. The Bertz CT molecular complexity index is 524. The number of hydrogen-bond donors (Lipinski definition) is 1. The number of piperazine rings is 1. The number of halogens is 1. The van der Waals surface area contributed by atoms with Gasteiger partial charge in [-0.05, 0) is 37.7 Å². The van der Waals surface area contributed by atoms with E-state index in [0.717, 1.165) is 31.7 Å². The van der Waals surface area contributed by atoms with Gasteiger partial charge in [-0.3, -0.25) is 9.69 Å². The van der Waals surface area contributed by atoms with Crippen molar-refractivity contribution in [3.63, 3.8) is 0 Å². The van der Waals surface area contributed by atoms with E-state index in [-0.39, 0.29) is 5.91 Å². The fraction of sp³-hybridized carbons (Fsp3) is 0.588. The van der Waals surface area contributed by atoms with Crippen LogP contribution >= 0.6 is 11.6 Å². The van der Waals surface area contributed by atoms with Crippen molar-refractivity contribution < 1.29 is 9.90 Å². The van der Waals surface area contributed by atoms with Crippen LogP contribution in [0.2, 0.25) is 5.02 Å². The topological polar surface area (TPSA) is 47.0 Å². The smallest absolute Gasteiger partial charge is 0.253 e. The van der Waals surface area contributed by atoms with Crippen LogP contribution in [0, 0.1) is 6.92 Å². The molecule has 0 aliphatic carbocycles. The second-order valence-electron chi connectivity index (χ2n) is 6.46. The largest absolute Gasteiger partial charge is 0.390 e. The zero-order valence-electron chi connectivity index (χ0n) is 14.1. The Hall–Kier alpha value is -1.14. The fourth-order valence-electron chi connectivity index (χ4n) is 2.87. The zero-order chi connectivity index (χ0) is 17.0. The Morgan fingerprint density at radius 3 is 2.57 bits per heavy atom. The van der Waals surface area contributed by atoms with Crippen molar-refractivity contribution in [2.75, 3.05) is 53.4 Å². The van der Waals surface area contributed by atoms with Gasteiger partial charge in [0.25, 0.3) is 5.91 Å². The lowest BCUT2D eigenvalue weighted by atomic mass is 10.1. The maximum atomic E-state index is 12.5. The maximum Gasteiger partial charge on any atom is 0.253 e. The maximum absolute atomic E-state index is 12.5. The number of rotatable bonds is 5. The van der Waals surface area contributed by atoms with Gasteiger partial charge in [-0.25, -0.2) is 0 Å². The van der Waals surface area contributed by atoms with Crippen LogP contribution in [0.25, 0.3) is 0 Å². The second kappa shape index (κ2) is 8.11. The van der Waals surface area contributed by atoms with Crippen LogP contribution < -0.4 is 0 Å². The molecular weight excluding hydrogens is 314 g/mol. The zero-order valence-corrected chi connectivity index (χ0v) is 14.9. The average molecular weight is 340 g/mol. The fourth-order valence-corrected chi connectivity index (χ4v) is 3.16. The number of carbonyl (C=O) groups excluding carboxylic acids is 1. The number of hydrogen-bond acceptors (Lipinski definition) is 4. The highest BCUT2D eigenvalue weighted by atomic mass is 35.5. The highest BCUT2D eigenvalue weighted by Crippen LogP contribution is 2.16. The summed E-state index contributed by atoms with van der Waals surface area (Å²) in [5.41, 5.74) is 1.51. The Morgan fingerprint density at radius 1 is 1.30 bits per heavy atom. The van der Waals surface area contributed by atoms with E-state index in [9.17, 15) is 9.90 Å². The molecule has 1 aliphatic rings. The first kappa shape index (κ1) is 18.2. The summed E-state index contributed by atoms with van der Waals surface area (Å²) in [6.07, 6.45) is -0.548. The number of benzene rings is 1. The minimum absolute atomic E-state index is 0.118. The molecule has 1 aliphatic heterocycles. The van der Waals surface area contributed by atoms with Crippen molar-refractivity contribution in [3.8, 4) is 0 Å². The number of aliphatic hydroxyl groups is 1. The molecule has 2 rings (SSSR count). The lowest BCUT2D eigenvalue weighted by Gasteiger charge is -2.34. The normalized spacial score (nSPS) is 18.0. The molecule has 1 amide bonds. The first-order valence-electron chi connectivity index (χ1n) is 7.97. The Labute approximate surface area is 143 Å². The third-order valence-corrected chi connectivity index (χ3v) is 4.40. The van der Waals surface area contributed by atoms with E-state index in [1.807, 2.05) is 19.1 Å². The number of likely N-dealkylation sites (N-methyl/N-ethyl adjacent to an activating group) is 2. The van der Waals surface area contributed by atoms with E-state index in [4.69, 9.17) is 11.6 Å². The number of β-amino-alcohol motifs (C(OH)–C–C–N with tert-alkyl or cyclic N) is 1. The van der Waals surface area contributed by atoms with Crippen molar-refractivity contribution in [2.24, 2.45) is 0 Å². The van der Waals surface area contributed by atoms with Crippen LogP contribution in [0.5, 0.6) is 0 Å². The predicted molar refractivity (Wildman–Crippen MR) is 93.1 cm³/mol. The van der Waals surface area contributed by atoms with Crippen LogP contribution in [0.4, 0.5) is 0 Å². The van der Waals surface area contributed by atoms with Gasteiger partial charge in [0.05, 0.1) is 6.10 Å². The summed E-state index contributed by atoms with van der Waals surface area (Å²) in [6.45, 7) is 6.77. The molecule has 1 heterocycles. The lowest BCUT2D eigenvalue weighted by Crippen LogP contribution is -2.49. The number of nitrogens with zero attached hydrogens (tertiary/aromatic N) is 3. The van der Waals surface area contributed by atoms with Crippen molar-refractivity contribution in [2.45, 2.75) is 13.0 Å². The van der Waals surface area contributed by atoms with Crippen molar-refractivity contribution in [1.82, 2.24) is 14.7 Å². The molecule has 0 spiro atoms. The Morgan fingerprint density at radius 2 is 1.96 bits per heavy atom. The van der Waals surface area contributed by atoms with Gasteiger partial charge >= 0.3 is 0 Å². The molecule has 1 aromatic carbocycles. The van der Waals surface area contributed by atoms with Crippen LogP contribution in [0.3, 0.4) is 0 Å². The Kier molecular flexibility index (Phi) is 6.41. The van der Waals surface area contributed by atoms with Crippen molar-refractivity contribution in [1.29, 1.82) is 0 Å². The predicted octanol–water partition coefficient (Wildman–Crippen LogP) is 1.33. The van der Waals surface area contributed by atoms with E-state index in [2.05, 4.69) is 16.8 Å². The van der Waals surface area contributed by atoms with Gasteiger partial charge in [0.2, 0.25) is 0 Å². The molecule has 23 heavy (non-hydrogen) atoms. The molecule has 1 fully saturated rings. The van der Waals surface area contributed by atoms with E-state index in [1.165, 1.54) is 0 Å². The average Bonchev–Trinajstić information content (AvgIpc) is 2.47. The molecular formula is C17H26ClN3O2. The lowest BCUT2D eigenvalue weighted by molar-refractivity contribution is 0.0501. The molecule has 0 radical (unpaired) electrons. The van der Waals surface area contributed by atoms with Gasteiger partial charge in [-0.2, -0.15) is 0 Å². The quantitative estimate of drug-likeness (QED) is 0.879. The minimum atomic E-state index is -0.548. The summed E-state index contributed by atoms with van der Waals surface area (Å²) in [5, 5.41) is 10.8. The van der Waals surface area contributed by atoms with Crippen molar-refractivity contribution in [3.05, 3.63) is 34.3 Å². The monoisotopic (exact) mass is 339 g/mol. The van der Waals surface area contributed by atoms with Crippen LogP contribution in [0.15, 0.2) is 18.2 Å². The molecule has 0 saturated carbocycles. The number of aryl methyl sites for hydroxylation is 1. The summed E-state index contributed by atoms with van der Waals surface area (Å²) in [6, 6.07) is 5.30. The van der Waals surface area contributed by atoms with Crippen LogP contribution in [-0.2, 0) is 0 Å². The van der Waals surface area contributed by atoms with Gasteiger partial charge in [0.1, 0.15) is 0 Å². The molecule has 1 saturated heterocycles. The number of amides is 1. The third kappa shape index (κ3) is 5.46. The molecule has 1 atom stereocenters. The third-order valence-electron chi connectivity index (χ3n) is 4.19. The summed E-state index contributed by atoms with van der Waals surface area (Å²) in [5.74, 6) is -0.118. The molecule has 128 valence electrons. The summed E-state index contributed by atoms with van der Waals surface area (Å²) in [7, 11) is 3.82. The van der Waals surface area contributed by atoms with E-state index in [0.29, 0.717) is 23.7 Å². The Balaban J connectivity index is 1.87. The summed E-state index contributed by atoms with van der Waals surface area (Å²) in [4.78, 5) is 18.5. The molecule has 1 N–H and O–H groups in total. The van der Waals surface area contributed by atoms with Gasteiger partial charge in [0.15, 0.2) is 0 Å². The molecule has 1 unspecified atom stereocenters. The highest BCUT2D eigenvalue weighted by molar-refractivity contribution is 6.31. The second-order valence-corrected chi connectivity index (χ2v) is 6.90. The van der Waals surface area contributed by atoms with E-state index >= 15 is 0 Å². The van der Waals surface area contributed by atoms with Gasteiger partial charge in [0, 0.05) is 56.9 Å². The molecule has 0 bridgehead atoms. The van der Waals surface area contributed by atoms with Gasteiger partial charge in [-0.15, -0.1) is 0 Å². The van der Waals surface area contributed by atoms with E-state index < -0.39 is 6.10 Å². The van der Waals surface area contributed by atoms with Gasteiger partial charge < -0.3 is 14.9 Å².